The van der Waals surface area contributed by atoms with Crippen LogP contribution in [0.5, 0.6) is 5.88 Å². The molecule has 2 aromatic rings. The Morgan fingerprint density at radius 1 is 1.28 bits per heavy atom. The van der Waals surface area contributed by atoms with Crippen LogP contribution in [-0.4, -0.2) is 59.2 Å². The minimum Gasteiger partial charge on any atom is -0.480 e. The monoisotopic (exact) mass is 466 g/mol. The Balaban J connectivity index is 1.43. The third kappa shape index (κ3) is 5.63. The van der Waals surface area contributed by atoms with E-state index in [2.05, 4.69) is 25.9 Å². The van der Waals surface area contributed by atoms with E-state index in [1.165, 1.54) is 12.1 Å². The Kier molecular flexibility index (Phi) is 7.38. The zero-order valence-electron chi connectivity index (χ0n) is 16.2. The summed E-state index contributed by atoms with van der Waals surface area (Å²) in [5.41, 5.74) is 0.664. The predicted molar refractivity (Wildman–Crippen MR) is 110 cm³/mol. The molecule has 1 saturated heterocycles. The molecular weight excluding hydrogens is 443 g/mol. The summed E-state index contributed by atoms with van der Waals surface area (Å²) in [6.07, 6.45) is 2.38. The van der Waals surface area contributed by atoms with Crippen LogP contribution in [0.15, 0.2) is 34.9 Å². The standard InChI is InChI=1S/C20H24BrFN4O3/c1-29-19-16(21)13-23-20(24-19)26-11-9-25(10-12-26)18(28)4-2-3-17(27)14-5-7-15(22)8-6-14/h5-8,13,17,27H,2-4,9-12H2,1H3/t17-/m0/s1. The summed E-state index contributed by atoms with van der Waals surface area (Å²) in [6.45, 7) is 2.49. The highest BCUT2D eigenvalue weighted by Crippen LogP contribution is 2.24. The van der Waals surface area contributed by atoms with Gasteiger partial charge < -0.3 is 19.6 Å². The second kappa shape index (κ2) is 9.98. The number of rotatable bonds is 7. The van der Waals surface area contributed by atoms with Crippen LogP contribution < -0.4 is 9.64 Å². The number of carbonyl (C=O) groups is 1. The number of aliphatic hydroxyl groups is 1. The molecule has 0 saturated carbocycles. The Bertz CT molecular complexity index is 829. The maximum Gasteiger partial charge on any atom is 0.232 e. The predicted octanol–water partition coefficient (Wildman–Crippen LogP) is 2.94. The molecule has 29 heavy (non-hydrogen) atoms. The van der Waals surface area contributed by atoms with E-state index in [1.807, 2.05) is 9.80 Å². The molecule has 0 bridgehead atoms. The number of aliphatic hydroxyl groups excluding tert-OH is 1. The number of anilines is 1. The summed E-state index contributed by atoms with van der Waals surface area (Å²) >= 11 is 3.34. The molecule has 0 radical (unpaired) electrons. The molecule has 0 aliphatic carbocycles. The molecule has 7 nitrogen and oxygen atoms in total. The van der Waals surface area contributed by atoms with Gasteiger partial charge in [-0.3, -0.25) is 4.79 Å². The van der Waals surface area contributed by atoms with E-state index in [0.717, 1.165) is 0 Å². The molecule has 1 aromatic heterocycles. The second-order valence-corrected chi connectivity index (χ2v) is 7.71. The lowest BCUT2D eigenvalue weighted by atomic mass is 10.0. The fourth-order valence-electron chi connectivity index (χ4n) is 3.25. The van der Waals surface area contributed by atoms with E-state index >= 15 is 0 Å². The molecule has 1 aliphatic rings. The van der Waals surface area contributed by atoms with Gasteiger partial charge in [-0.25, -0.2) is 9.37 Å². The minimum atomic E-state index is -0.690. The third-order valence-electron chi connectivity index (χ3n) is 4.93. The van der Waals surface area contributed by atoms with Crippen LogP contribution in [0.25, 0.3) is 0 Å². The zero-order chi connectivity index (χ0) is 20.8. The Labute approximate surface area is 177 Å². The van der Waals surface area contributed by atoms with E-state index < -0.39 is 6.10 Å². The highest BCUT2D eigenvalue weighted by Gasteiger charge is 2.23. The number of ether oxygens (including phenoxy) is 1. The summed E-state index contributed by atoms with van der Waals surface area (Å²) in [4.78, 5) is 25.0. The quantitative estimate of drug-likeness (QED) is 0.675. The molecular formula is C20H24BrFN4O3. The van der Waals surface area contributed by atoms with Gasteiger partial charge in [-0.1, -0.05) is 12.1 Å². The maximum atomic E-state index is 13.0. The topological polar surface area (TPSA) is 78.8 Å². The molecule has 9 heteroatoms. The van der Waals surface area contributed by atoms with Crippen molar-refractivity contribution in [1.82, 2.24) is 14.9 Å². The van der Waals surface area contributed by atoms with Crippen LogP contribution >= 0.6 is 15.9 Å². The molecule has 1 amide bonds. The maximum absolute atomic E-state index is 13.0. The van der Waals surface area contributed by atoms with Crippen molar-refractivity contribution in [2.45, 2.75) is 25.4 Å². The number of nitrogens with zero attached hydrogens (tertiary/aromatic N) is 4. The SMILES string of the molecule is COc1nc(N2CCN(C(=O)CCC[C@H](O)c3ccc(F)cc3)CC2)ncc1Br. The number of carbonyl (C=O) groups excluding carboxylic acids is 1. The number of methoxy groups -OCH3 is 1. The van der Waals surface area contributed by atoms with Crippen LogP contribution in [0, 0.1) is 5.82 Å². The first kappa shape index (κ1) is 21.4. The van der Waals surface area contributed by atoms with Crippen LogP contribution in [0.1, 0.15) is 30.9 Å². The van der Waals surface area contributed by atoms with Crippen molar-refractivity contribution in [2.75, 3.05) is 38.2 Å². The molecule has 0 unspecified atom stereocenters. The first-order valence-corrected chi connectivity index (χ1v) is 10.3. The van der Waals surface area contributed by atoms with Gasteiger partial charge in [0.1, 0.15) is 5.82 Å². The van der Waals surface area contributed by atoms with Crippen molar-refractivity contribution in [1.29, 1.82) is 0 Å². The lowest BCUT2D eigenvalue weighted by molar-refractivity contribution is -0.131. The normalized spacial score (nSPS) is 15.3. The summed E-state index contributed by atoms with van der Waals surface area (Å²) < 4.78 is 18.9. The van der Waals surface area contributed by atoms with Gasteiger partial charge >= 0.3 is 0 Å². The highest BCUT2D eigenvalue weighted by atomic mass is 79.9. The average molecular weight is 467 g/mol. The molecule has 1 atom stereocenters. The molecule has 1 aromatic carbocycles. The first-order valence-electron chi connectivity index (χ1n) is 9.50. The molecule has 156 valence electrons. The van der Waals surface area contributed by atoms with Crippen molar-refractivity contribution in [3.8, 4) is 5.88 Å². The first-order chi connectivity index (χ1) is 14.0. The number of aromatic nitrogens is 2. The van der Waals surface area contributed by atoms with Crippen molar-refractivity contribution in [2.24, 2.45) is 0 Å². The number of hydrogen-bond acceptors (Lipinski definition) is 6. The summed E-state index contributed by atoms with van der Waals surface area (Å²) in [5, 5.41) is 10.2. The smallest absolute Gasteiger partial charge is 0.232 e. The highest BCUT2D eigenvalue weighted by molar-refractivity contribution is 9.10. The molecule has 1 N–H and O–H groups in total. The fourth-order valence-corrected chi connectivity index (χ4v) is 3.60. The van der Waals surface area contributed by atoms with Crippen LogP contribution in [0.3, 0.4) is 0 Å². The summed E-state index contributed by atoms with van der Waals surface area (Å²) in [7, 11) is 1.56. The molecule has 2 heterocycles. The zero-order valence-corrected chi connectivity index (χ0v) is 17.8. The van der Waals surface area contributed by atoms with Crippen molar-refractivity contribution >= 4 is 27.8 Å². The number of hydrogen-bond donors (Lipinski definition) is 1. The van der Waals surface area contributed by atoms with Gasteiger partial charge in [0, 0.05) is 32.6 Å². The lowest BCUT2D eigenvalue weighted by Gasteiger charge is -2.35. The Morgan fingerprint density at radius 3 is 2.62 bits per heavy atom. The minimum absolute atomic E-state index is 0.0743. The van der Waals surface area contributed by atoms with Gasteiger partial charge in [-0.05, 0) is 46.5 Å². The molecule has 1 fully saturated rings. The van der Waals surface area contributed by atoms with Gasteiger partial charge in [0.15, 0.2) is 0 Å². The van der Waals surface area contributed by atoms with E-state index in [1.54, 1.807) is 25.4 Å². The largest absolute Gasteiger partial charge is 0.480 e. The number of benzene rings is 1. The lowest BCUT2D eigenvalue weighted by Crippen LogP contribution is -2.49. The van der Waals surface area contributed by atoms with Crippen molar-refractivity contribution < 1.29 is 19.0 Å². The van der Waals surface area contributed by atoms with Gasteiger partial charge in [-0.15, -0.1) is 0 Å². The van der Waals surface area contributed by atoms with Crippen molar-refractivity contribution in [3.63, 3.8) is 0 Å². The van der Waals surface area contributed by atoms with Crippen LogP contribution in [0.4, 0.5) is 10.3 Å². The van der Waals surface area contributed by atoms with E-state index in [9.17, 15) is 14.3 Å². The van der Waals surface area contributed by atoms with Gasteiger partial charge in [-0.2, -0.15) is 4.98 Å². The Morgan fingerprint density at radius 2 is 1.97 bits per heavy atom. The summed E-state index contributed by atoms with van der Waals surface area (Å²) in [6, 6.07) is 5.79. The molecule has 3 rings (SSSR count). The van der Waals surface area contributed by atoms with E-state index in [0.29, 0.717) is 67.3 Å². The van der Waals surface area contributed by atoms with Crippen LogP contribution in [-0.2, 0) is 4.79 Å². The van der Waals surface area contributed by atoms with Crippen molar-refractivity contribution in [3.05, 3.63) is 46.3 Å². The molecule has 0 spiro atoms. The third-order valence-corrected chi connectivity index (χ3v) is 5.47. The number of halogens is 2. The Hall–Kier alpha value is -2.26. The number of piperazine rings is 1. The number of amides is 1. The van der Waals surface area contributed by atoms with Gasteiger partial charge in [0.2, 0.25) is 17.7 Å². The molecule has 1 aliphatic heterocycles. The second-order valence-electron chi connectivity index (χ2n) is 6.85. The average Bonchev–Trinajstić information content (AvgIpc) is 2.74. The fraction of sp³-hybridized carbons (Fsp3) is 0.450. The van der Waals surface area contributed by atoms with Gasteiger partial charge in [0.25, 0.3) is 0 Å². The van der Waals surface area contributed by atoms with E-state index in [4.69, 9.17) is 4.74 Å². The van der Waals surface area contributed by atoms with Gasteiger partial charge in [0.05, 0.1) is 23.9 Å². The van der Waals surface area contributed by atoms with Crippen LogP contribution in [0.2, 0.25) is 0 Å². The van der Waals surface area contributed by atoms with E-state index in [-0.39, 0.29) is 11.7 Å². The summed E-state index contributed by atoms with van der Waals surface area (Å²) in [5.74, 6) is 0.806.